The van der Waals surface area contributed by atoms with E-state index in [0.717, 1.165) is 36.8 Å². The fourth-order valence-corrected chi connectivity index (χ4v) is 5.16. The van der Waals surface area contributed by atoms with E-state index in [2.05, 4.69) is 39.9 Å². The van der Waals surface area contributed by atoms with E-state index in [-0.39, 0.29) is 18.1 Å². The van der Waals surface area contributed by atoms with Gasteiger partial charge in [-0.15, -0.1) is 0 Å². The lowest BCUT2D eigenvalue weighted by molar-refractivity contribution is -0.0527. The lowest BCUT2D eigenvalue weighted by Crippen LogP contribution is -2.62. The van der Waals surface area contributed by atoms with E-state index in [4.69, 9.17) is 4.74 Å². The number of carbonyl (C=O) groups is 1. The fourth-order valence-electron chi connectivity index (χ4n) is 4.22. The van der Waals surface area contributed by atoms with Crippen molar-refractivity contribution in [3.63, 3.8) is 0 Å². The highest BCUT2D eigenvalue weighted by atomic mass is 32.1. The predicted molar refractivity (Wildman–Crippen MR) is 104 cm³/mol. The molecule has 2 aliphatic rings. The zero-order valence-corrected chi connectivity index (χ0v) is 16.0. The molecular weight excluding hydrogens is 346 g/mol. The summed E-state index contributed by atoms with van der Waals surface area (Å²) in [5, 5.41) is 7.30. The van der Waals surface area contributed by atoms with Gasteiger partial charge in [0.2, 0.25) is 0 Å². The van der Waals surface area contributed by atoms with Crippen LogP contribution >= 0.6 is 11.3 Å². The number of ether oxygens (including phenoxy) is 1. The zero-order chi connectivity index (χ0) is 18.1. The Bertz CT molecular complexity index is 777. The van der Waals surface area contributed by atoms with Gasteiger partial charge in [-0.05, 0) is 32.3 Å². The van der Waals surface area contributed by atoms with Crippen LogP contribution in [0.3, 0.4) is 0 Å². The van der Waals surface area contributed by atoms with Crippen LogP contribution in [0.15, 0.2) is 30.3 Å². The summed E-state index contributed by atoms with van der Waals surface area (Å²) in [5.41, 5.74) is 2.09. The minimum Gasteiger partial charge on any atom is -0.377 e. The molecule has 26 heavy (non-hydrogen) atoms. The normalized spacial score (nSPS) is 26.8. The molecule has 1 amide bonds. The molecule has 4 atom stereocenters. The van der Waals surface area contributed by atoms with E-state index >= 15 is 0 Å². The number of thiazole rings is 1. The maximum absolute atomic E-state index is 12.9. The van der Waals surface area contributed by atoms with Crippen molar-refractivity contribution in [2.75, 3.05) is 18.5 Å². The number of aromatic nitrogens is 1. The molecule has 2 fully saturated rings. The summed E-state index contributed by atoms with van der Waals surface area (Å²) in [6.07, 6.45) is 2.25. The van der Waals surface area contributed by atoms with Gasteiger partial charge < -0.3 is 15.4 Å². The molecule has 2 N–H and O–H groups in total. The summed E-state index contributed by atoms with van der Waals surface area (Å²) in [4.78, 5) is 18.0. The van der Waals surface area contributed by atoms with Gasteiger partial charge in [0, 0.05) is 31.0 Å². The second-order valence-corrected chi connectivity index (χ2v) is 8.10. The molecule has 138 valence electrons. The van der Waals surface area contributed by atoms with Crippen LogP contribution in [-0.2, 0) is 11.2 Å². The van der Waals surface area contributed by atoms with Gasteiger partial charge in [0.25, 0.3) is 5.91 Å². The van der Waals surface area contributed by atoms with Crippen molar-refractivity contribution in [1.82, 2.24) is 10.3 Å². The number of nitrogens with zero attached hydrogens (tertiary/aromatic N) is 1. The van der Waals surface area contributed by atoms with Crippen molar-refractivity contribution in [1.29, 1.82) is 0 Å². The van der Waals surface area contributed by atoms with Crippen LogP contribution in [-0.4, -0.2) is 36.2 Å². The van der Waals surface area contributed by atoms with Crippen molar-refractivity contribution >= 4 is 22.4 Å². The summed E-state index contributed by atoms with van der Waals surface area (Å²) >= 11 is 1.43. The molecular formula is C20H25N3O2S. The summed E-state index contributed by atoms with van der Waals surface area (Å²) < 4.78 is 5.94. The van der Waals surface area contributed by atoms with E-state index in [1.165, 1.54) is 16.9 Å². The third kappa shape index (κ3) is 3.23. The average molecular weight is 372 g/mol. The number of hydrogen-bond acceptors (Lipinski definition) is 5. The Morgan fingerprint density at radius 2 is 2.15 bits per heavy atom. The van der Waals surface area contributed by atoms with Crippen LogP contribution in [0, 0.1) is 18.8 Å². The van der Waals surface area contributed by atoms with Crippen molar-refractivity contribution in [2.45, 2.75) is 38.8 Å². The Kier molecular flexibility index (Phi) is 4.96. The van der Waals surface area contributed by atoms with E-state index in [0.29, 0.717) is 16.7 Å². The molecule has 0 unspecified atom stereocenters. The first kappa shape index (κ1) is 17.5. The van der Waals surface area contributed by atoms with Gasteiger partial charge in [0.15, 0.2) is 5.13 Å². The first-order valence-corrected chi connectivity index (χ1v) is 10.2. The van der Waals surface area contributed by atoms with Crippen molar-refractivity contribution < 1.29 is 9.53 Å². The molecule has 1 saturated heterocycles. The molecule has 0 bridgehead atoms. The molecule has 2 aromatic rings. The molecule has 0 spiro atoms. The van der Waals surface area contributed by atoms with Crippen LogP contribution < -0.4 is 10.6 Å². The Hall–Kier alpha value is -1.92. The zero-order valence-electron chi connectivity index (χ0n) is 15.2. The monoisotopic (exact) mass is 371 g/mol. The van der Waals surface area contributed by atoms with Gasteiger partial charge in [0.05, 0.1) is 11.8 Å². The molecule has 0 radical (unpaired) electrons. The Balaban J connectivity index is 1.47. The standard InChI is InChI=1S/C20H25N3O2S/c1-3-21-20-22-12(2)18(26-20)19(24)23-16-14-9-10-25-17(14)15(16)11-13-7-5-4-6-8-13/h4-8,14-17H,3,9-11H2,1-2H3,(H,21,22)(H,23,24)/t14-,15+,16-,17-/m1/s1. The molecule has 5 nitrogen and oxygen atoms in total. The Morgan fingerprint density at radius 3 is 2.92 bits per heavy atom. The molecule has 1 aromatic carbocycles. The van der Waals surface area contributed by atoms with Gasteiger partial charge in [-0.1, -0.05) is 41.7 Å². The second kappa shape index (κ2) is 7.37. The highest BCUT2D eigenvalue weighted by molar-refractivity contribution is 7.17. The number of benzene rings is 1. The Morgan fingerprint density at radius 1 is 1.35 bits per heavy atom. The lowest BCUT2D eigenvalue weighted by atomic mass is 9.64. The fraction of sp³-hybridized carbons (Fsp3) is 0.500. The summed E-state index contributed by atoms with van der Waals surface area (Å²) in [7, 11) is 0. The van der Waals surface area contributed by atoms with Gasteiger partial charge in [-0.3, -0.25) is 4.79 Å². The van der Waals surface area contributed by atoms with Gasteiger partial charge in [-0.25, -0.2) is 4.98 Å². The molecule has 1 aromatic heterocycles. The van der Waals surface area contributed by atoms with Crippen LogP contribution in [0.4, 0.5) is 5.13 Å². The first-order valence-electron chi connectivity index (χ1n) is 9.35. The van der Waals surface area contributed by atoms with E-state index < -0.39 is 0 Å². The number of fused-ring (bicyclic) bond motifs is 1. The minimum atomic E-state index is -0.00225. The third-order valence-corrected chi connectivity index (χ3v) is 6.58. The van der Waals surface area contributed by atoms with Gasteiger partial charge in [-0.2, -0.15) is 0 Å². The molecule has 1 aliphatic carbocycles. The average Bonchev–Trinajstić information content (AvgIpc) is 3.23. The first-order chi connectivity index (χ1) is 12.7. The lowest BCUT2D eigenvalue weighted by Gasteiger charge is -2.48. The van der Waals surface area contributed by atoms with E-state index in [9.17, 15) is 4.79 Å². The molecule has 4 rings (SSSR count). The summed E-state index contributed by atoms with van der Waals surface area (Å²) in [6, 6.07) is 10.6. The molecule has 2 heterocycles. The predicted octanol–water partition coefficient (Wildman–Crippen LogP) is 3.26. The molecule has 6 heteroatoms. The number of hydrogen-bond donors (Lipinski definition) is 2. The number of nitrogens with one attached hydrogen (secondary N) is 2. The summed E-state index contributed by atoms with van der Waals surface area (Å²) in [5.74, 6) is 0.780. The largest absolute Gasteiger partial charge is 0.377 e. The van der Waals surface area contributed by atoms with Gasteiger partial charge >= 0.3 is 0 Å². The number of carbonyl (C=O) groups excluding carboxylic acids is 1. The van der Waals surface area contributed by atoms with Gasteiger partial charge in [0.1, 0.15) is 4.88 Å². The minimum absolute atomic E-state index is 0.00225. The third-order valence-electron chi connectivity index (χ3n) is 5.47. The smallest absolute Gasteiger partial charge is 0.263 e. The van der Waals surface area contributed by atoms with Crippen molar-refractivity contribution in [2.24, 2.45) is 11.8 Å². The maximum Gasteiger partial charge on any atom is 0.263 e. The van der Waals surface area contributed by atoms with Crippen LogP contribution in [0.2, 0.25) is 0 Å². The van der Waals surface area contributed by atoms with Crippen molar-refractivity contribution in [3.05, 3.63) is 46.5 Å². The van der Waals surface area contributed by atoms with Crippen LogP contribution in [0.25, 0.3) is 0 Å². The number of amides is 1. The van der Waals surface area contributed by atoms with Crippen molar-refractivity contribution in [3.8, 4) is 0 Å². The van der Waals surface area contributed by atoms with E-state index in [1.54, 1.807) is 0 Å². The quantitative estimate of drug-likeness (QED) is 0.818. The van der Waals surface area contributed by atoms with Crippen LogP contribution in [0.5, 0.6) is 0 Å². The highest BCUT2D eigenvalue weighted by Gasteiger charge is 2.54. The second-order valence-electron chi connectivity index (χ2n) is 7.10. The Labute approximate surface area is 158 Å². The van der Waals surface area contributed by atoms with E-state index in [1.807, 2.05) is 19.9 Å². The number of rotatable bonds is 6. The maximum atomic E-state index is 12.9. The molecule has 1 aliphatic heterocycles. The SMILES string of the molecule is CCNc1nc(C)c(C(=O)N[C@@H]2[C@H]3CCO[C@H]3[C@H]2Cc2ccccc2)s1. The van der Waals surface area contributed by atoms with Crippen LogP contribution in [0.1, 0.15) is 34.3 Å². The summed E-state index contributed by atoms with van der Waals surface area (Å²) in [6.45, 7) is 5.53. The molecule has 1 saturated carbocycles. The number of anilines is 1. The highest BCUT2D eigenvalue weighted by Crippen LogP contribution is 2.45. The topological polar surface area (TPSA) is 63.2 Å². The number of aryl methyl sites for hydroxylation is 1.